The molecule has 6 nitrogen and oxygen atoms in total. The van der Waals surface area contributed by atoms with Crippen molar-refractivity contribution in [3.8, 4) is 0 Å². The molecule has 1 aromatic carbocycles. The summed E-state index contributed by atoms with van der Waals surface area (Å²) in [6.45, 7) is 4.98. The first kappa shape index (κ1) is 16.8. The summed E-state index contributed by atoms with van der Waals surface area (Å²) >= 11 is 0. The molecule has 0 radical (unpaired) electrons. The first-order valence-electron chi connectivity index (χ1n) is 6.85. The van der Waals surface area contributed by atoms with Crippen LogP contribution < -0.4 is 0 Å². The first-order chi connectivity index (χ1) is 10.7. The highest BCUT2D eigenvalue weighted by atomic mass is 19.1. The fourth-order valence-corrected chi connectivity index (χ4v) is 1.86. The molecular formula is C16H17FO6. The average molecular weight is 324 g/mol. The van der Waals surface area contributed by atoms with E-state index in [1.54, 1.807) is 26.8 Å². The van der Waals surface area contributed by atoms with Crippen LogP contribution in [0.5, 0.6) is 0 Å². The summed E-state index contributed by atoms with van der Waals surface area (Å²) in [6, 6.07) is 3.95. The van der Waals surface area contributed by atoms with Crippen LogP contribution in [0.2, 0.25) is 0 Å². The van der Waals surface area contributed by atoms with Gasteiger partial charge in [-0.2, -0.15) is 0 Å². The Kier molecular flexibility index (Phi) is 4.58. The molecule has 0 spiro atoms. The van der Waals surface area contributed by atoms with Gasteiger partial charge in [0, 0.05) is 11.5 Å². The standard InChI is InChI=1S/C16H17FO6/c1-16(2,3)23-15(19)21-8-10-5-9-6-11(14(18)20-4)12(17)7-13(9)22-10/h5-7H,8H2,1-4H3. The van der Waals surface area contributed by atoms with Gasteiger partial charge in [0.05, 0.1) is 12.7 Å². The summed E-state index contributed by atoms with van der Waals surface area (Å²) in [5, 5.41) is 0.495. The molecule has 0 atom stereocenters. The summed E-state index contributed by atoms with van der Waals surface area (Å²) in [4.78, 5) is 22.9. The molecule has 0 unspecified atom stereocenters. The van der Waals surface area contributed by atoms with Crippen LogP contribution in [0, 0.1) is 5.82 Å². The molecule has 0 amide bonds. The lowest BCUT2D eigenvalue weighted by Gasteiger charge is -2.18. The number of hydrogen-bond acceptors (Lipinski definition) is 6. The maximum absolute atomic E-state index is 13.8. The summed E-state index contributed by atoms with van der Waals surface area (Å²) in [6.07, 6.45) is -0.834. The second kappa shape index (κ2) is 6.28. The van der Waals surface area contributed by atoms with Crippen LogP contribution >= 0.6 is 0 Å². The number of carbonyl (C=O) groups excluding carboxylic acids is 2. The van der Waals surface area contributed by atoms with E-state index in [4.69, 9.17) is 13.9 Å². The van der Waals surface area contributed by atoms with Gasteiger partial charge in [-0.3, -0.25) is 0 Å². The van der Waals surface area contributed by atoms with Crippen LogP contribution in [0.4, 0.5) is 9.18 Å². The molecule has 23 heavy (non-hydrogen) atoms. The van der Waals surface area contributed by atoms with Crippen molar-refractivity contribution in [2.75, 3.05) is 7.11 Å². The molecule has 2 aromatic rings. The van der Waals surface area contributed by atoms with Gasteiger partial charge in [-0.05, 0) is 32.9 Å². The topological polar surface area (TPSA) is 75.0 Å². The number of methoxy groups -OCH3 is 1. The maximum atomic E-state index is 13.8. The molecule has 0 aliphatic heterocycles. The van der Waals surface area contributed by atoms with Crippen molar-refractivity contribution in [3.63, 3.8) is 0 Å². The lowest BCUT2D eigenvalue weighted by atomic mass is 10.1. The normalized spacial score (nSPS) is 11.3. The Bertz CT molecular complexity index is 741. The lowest BCUT2D eigenvalue weighted by Crippen LogP contribution is -2.24. The third kappa shape index (κ3) is 4.21. The molecule has 0 aliphatic rings. The van der Waals surface area contributed by atoms with E-state index in [0.717, 1.165) is 6.07 Å². The summed E-state index contributed by atoms with van der Waals surface area (Å²) in [5.74, 6) is -1.23. The molecule has 0 saturated heterocycles. The molecule has 0 aliphatic carbocycles. The van der Waals surface area contributed by atoms with E-state index in [1.165, 1.54) is 13.2 Å². The summed E-state index contributed by atoms with van der Waals surface area (Å²) in [7, 11) is 1.17. The van der Waals surface area contributed by atoms with Gasteiger partial charge in [0.15, 0.2) is 6.61 Å². The van der Waals surface area contributed by atoms with Crippen molar-refractivity contribution in [1.82, 2.24) is 0 Å². The Labute approximate surface area is 132 Å². The minimum atomic E-state index is -0.834. The lowest BCUT2D eigenvalue weighted by molar-refractivity contribution is -0.0130. The van der Waals surface area contributed by atoms with E-state index in [1.807, 2.05) is 0 Å². The molecule has 0 fully saturated rings. The van der Waals surface area contributed by atoms with Crippen molar-refractivity contribution in [1.29, 1.82) is 0 Å². The number of ether oxygens (including phenoxy) is 3. The summed E-state index contributed by atoms with van der Waals surface area (Å²) in [5.41, 5.74) is -0.623. The number of carbonyl (C=O) groups is 2. The average Bonchev–Trinajstić information content (AvgIpc) is 2.83. The van der Waals surface area contributed by atoms with E-state index in [-0.39, 0.29) is 17.8 Å². The van der Waals surface area contributed by atoms with E-state index < -0.39 is 23.5 Å². The molecule has 7 heteroatoms. The first-order valence-corrected chi connectivity index (χ1v) is 6.85. The van der Waals surface area contributed by atoms with E-state index >= 15 is 0 Å². The van der Waals surface area contributed by atoms with Crippen LogP contribution in [0.1, 0.15) is 36.9 Å². The third-order valence-electron chi connectivity index (χ3n) is 2.78. The number of halogens is 1. The molecule has 124 valence electrons. The highest BCUT2D eigenvalue weighted by molar-refractivity contribution is 5.94. The number of fused-ring (bicyclic) bond motifs is 1. The second-order valence-corrected chi connectivity index (χ2v) is 5.83. The van der Waals surface area contributed by atoms with Gasteiger partial charge in [-0.1, -0.05) is 0 Å². The van der Waals surface area contributed by atoms with Crippen molar-refractivity contribution >= 4 is 23.1 Å². The molecular weight excluding hydrogens is 307 g/mol. The van der Waals surface area contributed by atoms with Gasteiger partial charge in [0.2, 0.25) is 0 Å². The minimum absolute atomic E-state index is 0.168. The maximum Gasteiger partial charge on any atom is 0.509 e. The molecule has 0 bridgehead atoms. The van der Waals surface area contributed by atoms with E-state index in [9.17, 15) is 14.0 Å². The quantitative estimate of drug-likeness (QED) is 0.799. The van der Waals surface area contributed by atoms with Gasteiger partial charge in [0.1, 0.15) is 22.8 Å². The Balaban J connectivity index is 2.14. The molecule has 1 heterocycles. The predicted octanol–water partition coefficient (Wildman–Crippen LogP) is 3.81. The Morgan fingerprint density at radius 1 is 1.22 bits per heavy atom. The fraction of sp³-hybridized carbons (Fsp3) is 0.375. The Hall–Kier alpha value is -2.57. The van der Waals surface area contributed by atoms with E-state index in [0.29, 0.717) is 11.1 Å². The second-order valence-electron chi connectivity index (χ2n) is 5.83. The van der Waals surface area contributed by atoms with Gasteiger partial charge < -0.3 is 18.6 Å². The van der Waals surface area contributed by atoms with Crippen molar-refractivity contribution < 1.29 is 32.6 Å². The number of esters is 1. The fourth-order valence-electron chi connectivity index (χ4n) is 1.86. The van der Waals surface area contributed by atoms with Crippen molar-refractivity contribution in [3.05, 3.63) is 35.3 Å². The zero-order valence-electron chi connectivity index (χ0n) is 13.3. The smallest absolute Gasteiger partial charge is 0.465 e. The van der Waals surface area contributed by atoms with Gasteiger partial charge >= 0.3 is 12.1 Å². The highest BCUT2D eigenvalue weighted by Gasteiger charge is 2.19. The Morgan fingerprint density at radius 3 is 2.52 bits per heavy atom. The third-order valence-corrected chi connectivity index (χ3v) is 2.78. The largest absolute Gasteiger partial charge is 0.509 e. The number of hydrogen-bond donors (Lipinski definition) is 0. The van der Waals surface area contributed by atoms with Crippen LogP contribution in [-0.2, 0) is 20.8 Å². The zero-order chi connectivity index (χ0) is 17.2. The van der Waals surface area contributed by atoms with Crippen molar-refractivity contribution in [2.45, 2.75) is 33.0 Å². The van der Waals surface area contributed by atoms with Gasteiger partial charge in [-0.25, -0.2) is 14.0 Å². The number of furan rings is 1. The highest BCUT2D eigenvalue weighted by Crippen LogP contribution is 2.24. The minimum Gasteiger partial charge on any atom is -0.465 e. The molecule has 2 rings (SSSR count). The monoisotopic (exact) mass is 324 g/mol. The number of rotatable bonds is 3. The van der Waals surface area contributed by atoms with Crippen LogP contribution in [0.25, 0.3) is 11.0 Å². The number of benzene rings is 1. The van der Waals surface area contributed by atoms with Crippen LogP contribution in [0.15, 0.2) is 22.6 Å². The van der Waals surface area contributed by atoms with Gasteiger partial charge in [-0.15, -0.1) is 0 Å². The van der Waals surface area contributed by atoms with E-state index in [2.05, 4.69) is 4.74 Å². The van der Waals surface area contributed by atoms with Gasteiger partial charge in [0.25, 0.3) is 0 Å². The predicted molar refractivity (Wildman–Crippen MR) is 78.5 cm³/mol. The van der Waals surface area contributed by atoms with Crippen LogP contribution in [-0.4, -0.2) is 24.8 Å². The van der Waals surface area contributed by atoms with Crippen molar-refractivity contribution in [2.24, 2.45) is 0 Å². The summed E-state index contributed by atoms with van der Waals surface area (Å²) < 4.78 is 33.6. The zero-order valence-corrected chi connectivity index (χ0v) is 13.3. The Morgan fingerprint density at radius 2 is 1.91 bits per heavy atom. The molecule has 1 aromatic heterocycles. The molecule has 0 saturated carbocycles. The van der Waals surface area contributed by atoms with Crippen LogP contribution in [0.3, 0.4) is 0 Å². The molecule has 0 N–H and O–H groups in total. The SMILES string of the molecule is COC(=O)c1cc2cc(COC(=O)OC(C)(C)C)oc2cc1F.